The van der Waals surface area contributed by atoms with Crippen LogP contribution in [-0.4, -0.2) is 34.5 Å². The van der Waals surface area contributed by atoms with Crippen LogP contribution in [0.3, 0.4) is 0 Å². The molecule has 29 heavy (non-hydrogen) atoms. The van der Waals surface area contributed by atoms with Gasteiger partial charge < -0.3 is 9.73 Å². The maximum Gasteiger partial charge on any atom is 0.419 e. The minimum absolute atomic E-state index is 0.0624. The van der Waals surface area contributed by atoms with E-state index in [1.807, 2.05) is 24.3 Å². The summed E-state index contributed by atoms with van der Waals surface area (Å²) in [5.74, 6) is -0.301. The van der Waals surface area contributed by atoms with Crippen LogP contribution >= 0.6 is 0 Å². The lowest BCUT2D eigenvalue weighted by Crippen LogP contribution is -2.44. The van der Waals surface area contributed by atoms with Crippen LogP contribution < -0.4 is 11.1 Å². The first-order valence-corrected chi connectivity index (χ1v) is 10.3. The van der Waals surface area contributed by atoms with Crippen LogP contribution in [0.1, 0.15) is 31.2 Å². The van der Waals surface area contributed by atoms with Gasteiger partial charge in [0, 0.05) is 38.6 Å². The summed E-state index contributed by atoms with van der Waals surface area (Å²) < 4.78 is 6.83. The molecule has 2 heterocycles. The summed E-state index contributed by atoms with van der Waals surface area (Å²) in [5.41, 5.74) is 2.70. The molecule has 2 aromatic carbocycles. The fourth-order valence-electron chi connectivity index (χ4n) is 4.00. The van der Waals surface area contributed by atoms with E-state index in [-0.39, 0.29) is 17.7 Å². The summed E-state index contributed by atoms with van der Waals surface area (Å²) in [6, 6.07) is 18.1. The summed E-state index contributed by atoms with van der Waals surface area (Å²) in [6.45, 7) is 3.44. The van der Waals surface area contributed by atoms with Crippen LogP contribution in [-0.2, 0) is 17.9 Å². The second-order valence-corrected chi connectivity index (χ2v) is 7.69. The molecule has 1 N–H and O–H groups in total. The number of nitrogens with one attached hydrogen (secondary N) is 1. The van der Waals surface area contributed by atoms with E-state index in [0.717, 1.165) is 38.0 Å². The van der Waals surface area contributed by atoms with E-state index in [1.165, 1.54) is 5.56 Å². The number of hydrogen-bond acceptors (Lipinski definition) is 4. The molecule has 0 aliphatic carbocycles. The number of nitrogens with zero attached hydrogens (tertiary/aromatic N) is 2. The van der Waals surface area contributed by atoms with Crippen molar-refractivity contribution in [3.63, 3.8) is 0 Å². The molecule has 1 aromatic heterocycles. The van der Waals surface area contributed by atoms with E-state index in [4.69, 9.17) is 4.42 Å². The molecular formula is C23H27N3O3. The highest BCUT2D eigenvalue weighted by Crippen LogP contribution is 2.15. The Balaban J connectivity index is 1.20. The molecule has 0 unspecified atom stereocenters. The smallest absolute Gasteiger partial charge is 0.408 e. The lowest BCUT2D eigenvalue weighted by atomic mass is 10.0. The Kier molecular flexibility index (Phi) is 6.10. The zero-order valence-corrected chi connectivity index (χ0v) is 16.5. The lowest BCUT2D eigenvalue weighted by molar-refractivity contribution is -0.122. The molecule has 1 aliphatic heterocycles. The first kappa shape index (κ1) is 19.5. The predicted octanol–water partition coefficient (Wildman–Crippen LogP) is 3.16. The van der Waals surface area contributed by atoms with Gasteiger partial charge in [-0.15, -0.1) is 0 Å². The number of carbonyl (C=O) groups excluding carboxylic acids is 1. The van der Waals surface area contributed by atoms with Gasteiger partial charge in [-0.3, -0.25) is 14.3 Å². The van der Waals surface area contributed by atoms with Gasteiger partial charge in [-0.25, -0.2) is 4.79 Å². The van der Waals surface area contributed by atoms with Crippen molar-refractivity contribution in [2.45, 2.75) is 44.8 Å². The zero-order valence-electron chi connectivity index (χ0n) is 16.5. The molecule has 1 aliphatic rings. The SMILES string of the molecule is O=C(CCCn1c(=O)oc2ccccc21)NC1CCN(Cc2ccccc2)CC1. The third-order valence-corrected chi connectivity index (χ3v) is 5.56. The van der Waals surface area contributed by atoms with Gasteiger partial charge in [-0.1, -0.05) is 42.5 Å². The van der Waals surface area contributed by atoms with Crippen LogP contribution in [0.2, 0.25) is 0 Å². The lowest BCUT2D eigenvalue weighted by Gasteiger charge is -2.32. The van der Waals surface area contributed by atoms with Crippen LogP contribution in [0.25, 0.3) is 11.1 Å². The number of fused-ring (bicyclic) bond motifs is 1. The second kappa shape index (κ2) is 9.09. The molecule has 0 spiro atoms. The number of para-hydroxylation sites is 2. The van der Waals surface area contributed by atoms with E-state index in [0.29, 0.717) is 25.0 Å². The fourth-order valence-corrected chi connectivity index (χ4v) is 4.00. The fraction of sp³-hybridized carbons (Fsp3) is 0.391. The molecule has 1 amide bonds. The van der Waals surface area contributed by atoms with Crippen LogP contribution in [0, 0.1) is 0 Å². The molecule has 0 bridgehead atoms. The second-order valence-electron chi connectivity index (χ2n) is 7.69. The Morgan fingerprint density at radius 2 is 1.76 bits per heavy atom. The van der Waals surface area contributed by atoms with Crippen molar-refractivity contribution in [1.82, 2.24) is 14.8 Å². The number of oxazole rings is 1. The summed E-state index contributed by atoms with van der Waals surface area (Å²) in [6.07, 6.45) is 2.98. The highest BCUT2D eigenvalue weighted by atomic mass is 16.4. The molecule has 152 valence electrons. The van der Waals surface area contributed by atoms with Crippen molar-refractivity contribution in [1.29, 1.82) is 0 Å². The average Bonchev–Trinajstić information content (AvgIpc) is 3.06. The van der Waals surface area contributed by atoms with Crippen LogP contribution in [0.15, 0.2) is 63.8 Å². The molecule has 3 aromatic rings. The number of likely N-dealkylation sites (tertiary alicyclic amines) is 1. The van der Waals surface area contributed by atoms with Crippen molar-refractivity contribution in [3.05, 3.63) is 70.7 Å². The number of hydrogen-bond donors (Lipinski definition) is 1. The Morgan fingerprint density at radius 1 is 1.03 bits per heavy atom. The molecule has 0 atom stereocenters. The summed E-state index contributed by atoms with van der Waals surface area (Å²) in [4.78, 5) is 26.7. The molecule has 4 rings (SSSR count). The summed E-state index contributed by atoms with van der Waals surface area (Å²) in [7, 11) is 0. The first-order chi connectivity index (χ1) is 14.2. The molecule has 0 saturated carbocycles. The molecule has 1 fully saturated rings. The Morgan fingerprint density at radius 3 is 2.55 bits per heavy atom. The van der Waals surface area contributed by atoms with Gasteiger partial charge in [0.15, 0.2) is 5.58 Å². The highest BCUT2D eigenvalue weighted by Gasteiger charge is 2.20. The van der Waals surface area contributed by atoms with Gasteiger partial charge >= 0.3 is 5.76 Å². The minimum Gasteiger partial charge on any atom is -0.408 e. The third-order valence-electron chi connectivity index (χ3n) is 5.56. The summed E-state index contributed by atoms with van der Waals surface area (Å²) in [5, 5.41) is 3.16. The van der Waals surface area contributed by atoms with Gasteiger partial charge in [0.2, 0.25) is 5.91 Å². The van der Waals surface area contributed by atoms with E-state index in [2.05, 4.69) is 34.5 Å². The van der Waals surface area contributed by atoms with Gasteiger partial charge in [-0.05, 0) is 37.0 Å². The van der Waals surface area contributed by atoms with E-state index >= 15 is 0 Å². The zero-order chi connectivity index (χ0) is 20.1. The van der Waals surface area contributed by atoms with Crippen molar-refractivity contribution in [2.24, 2.45) is 0 Å². The molecular weight excluding hydrogens is 366 g/mol. The van der Waals surface area contributed by atoms with E-state index in [9.17, 15) is 9.59 Å². The quantitative estimate of drug-likeness (QED) is 0.670. The van der Waals surface area contributed by atoms with Crippen LogP contribution in [0.5, 0.6) is 0 Å². The predicted molar refractivity (Wildman–Crippen MR) is 113 cm³/mol. The number of benzene rings is 2. The molecule has 1 saturated heterocycles. The van der Waals surface area contributed by atoms with Gasteiger partial charge in [-0.2, -0.15) is 0 Å². The molecule has 6 heteroatoms. The number of piperidine rings is 1. The van der Waals surface area contributed by atoms with Crippen molar-refractivity contribution >= 4 is 17.0 Å². The Labute approximate surface area is 170 Å². The highest BCUT2D eigenvalue weighted by molar-refractivity contribution is 5.76. The number of amides is 1. The van der Waals surface area contributed by atoms with Gasteiger partial charge in [0.05, 0.1) is 5.52 Å². The molecule has 0 radical (unpaired) electrons. The maximum atomic E-state index is 12.3. The molecule has 6 nitrogen and oxygen atoms in total. The van der Waals surface area contributed by atoms with Gasteiger partial charge in [0.1, 0.15) is 0 Å². The van der Waals surface area contributed by atoms with Crippen molar-refractivity contribution in [3.8, 4) is 0 Å². The van der Waals surface area contributed by atoms with E-state index in [1.54, 1.807) is 10.6 Å². The van der Waals surface area contributed by atoms with Crippen molar-refractivity contribution in [2.75, 3.05) is 13.1 Å². The Hall–Kier alpha value is -2.86. The standard InChI is InChI=1S/C23H27N3O3/c27-22(11-6-14-26-20-9-4-5-10-21(20)29-23(26)28)24-19-12-15-25(16-13-19)17-18-7-2-1-3-8-18/h1-5,7-10,19H,6,11-17H2,(H,24,27). The number of rotatable bonds is 7. The van der Waals surface area contributed by atoms with Crippen molar-refractivity contribution < 1.29 is 9.21 Å². The maximum absolute atomic E-state index is 12.3. The Bertz CT molecular complexity index is 1000. The number of aryl methyl sites for hydroxylation is 1. The monoisotopic (exact) mass is 393 g/mol. The number of carbonyl (C=O) groups is 1. The third kappa shape index (κ3) is 4.95. The topological polar surface area (TPSA) is 67.5 Å². The summed E-state index contributed by atoms with van der Waals surface area (Å²) >= 11 is 0. The normalized spacial score (nSPS) is 15.6. The van der Waals surface area contributed by atoms with Gasteiger partial charge in [0.25, 0.3) is 0 Å². The van der Waals surface area contributed by atoms with E-state index < -0.39 is 0 Å². The first-order valence-electron chi connectivity index (χ1n) is 10.3. The largest absolute Gasteiger partial charge is 0.419 e. The number of aromatic nitrogens is 1. The minimum atomic E-state index is -0.364. The van der Waals surface area contributed by atoms with Crippen LogP contribution in [0.4, 0.5) is 0 Å². The average molecular weight is 393 g/mol.